The van der Waals surface area contributed by atoms with E-state index in [2.05, 4.69) is 33.0 Å². The average Bonchev–Trinajstić information content (AvgIpc) is 3.21. The first-order valence-electron chi connectivity index (χ1n) is 10.7. The summed E-state index contributed by atoms with van der Waals surface area (Å²) in [7, 11) is 7.60. The molecule has 5 nitrogen and oxygen atoms in total. The van der Waals surface area contributed by atoms with Crippen molar-refractivity contribution in [2.75, 3.05) is 28.3 Å². The van der Waals surface area contributed by atoms with Crippen molar-refractivity contribution < 1.29 is 14.6 Å². The maximum Gasteiger partial charge on any atom is 0.174 e. The van der Waals surface area contributed by atoms with Crippen LogP contribution in [0.3, 0.4) is 0 Å². The van der Waals surface area contributed by atoms with E-state index in [1.165, 1.54) is 0 Å². The lowest BCUT2D eigenvalue weighted by atomic mass is 9.72. The highest BCUT2D eigenvalue weighted by Gasteiger charge is 2.69. The molecule has 0 radical (unpaired) electrons. The zero-order valence-electron chi connectivity index (χ0n) is 18.9. The lowest BCUT2D eigenvalue weighted by Gasteiger charge is -2.40. The van der Waals surface area contributed by atoms with Gasteiger partial charge in [0.2, 0.25) is 0 Å². The Balaban J connectivity index is 0.000000567. The Morgan fingerprint density at radius 1 is 1.06 bits per heavy atom. The quantitative estimate of drug-likeness (QED) is 0.547. The molecular formula is C26H29BrN2O3. The van der Waals surface area contributed by atoms with Crippen LogP contribution in [0.4, 0.5) is 0 Å². The fourth-order valence-electron chi connectivity index (χ4n) is 5.02. The van der Waals surface area contributed by atoms with Gasteiger partial charge in [0.1, 0.15) is 17.1 Å². The molecule has 1 N–H and O–H groups in total. The maximum atomic E-state index is 12.2. The lowest BCUT2D eigenvalue weighted by Crippen LogP contribution is -2.48. The van der Waals surface area contributed by atoms with Crippen LogP contribution < -0.4 is 9.47 Å². The molecule has 2 aromatic carbocycles. The van der Waals surface area contributed by atoms with Gasteiger partial charge in [-0.1, -0.05) is 58.4 Å². The summed E-state index contributed by atoms with van der Waals surface area (Å²) in [5, 5.41) is 12.2. The van der Waals surface area contributed by atoms with Crippen LogP contribution in [0.5, 0.6) is 11.5 Å². The summed E-state index contributed by atoms with van der Waals surface area (Å²) in [6.07, 6.45) is 4.71. The van der Waals surface area contributed by atoms with Crippen molar-refractivity contribution in [1.29, 1.82) is 0 Å². The van der Waals surface area contributed by atoms with E-state index >= 15 is 0 Å². The molecule has 5 rings (SSSR count). The van der Waals surface area contributed by atoms with Gasteiger partial charge in [-0.25, -0.2) is 0 Å². The Kier molecular flexibility index (Phi) is 6.30. The molecule has 3 aromatic rings. The van der Waals surface area contributed by atoms with E-state index in [4.69, 9.17) is 9.47 Å². The Hall–Kier alpha value is -2.41. The Morgan fingerprint density at radius 2 is 1.72 bits per heavy atom. The predicted molar refractivity (Wildman–Crippen MR) is 129 cm³/mol. The summed E-state index contributed by atoms with van der Waals surface area (Å²) < 4.78 is 13.2. The summed E-state index contributed by atoms with van der Waals surface area (Å²) in [5.74, 6) is 1.15. The minimum absolute atomic E-state index is 0.00279. The van der Waals surface area contributed by atoms with Gasteiger partial charge in [0.15, 0.2) is 5.60 Å². The number of rotatable bonds is 3. The van der Waals surface area contributed by atoms with Gasteiger partial charge in [0, 0.05) is 10.4 Å². The van der Waals surface area contributed by atoms with Gasteiger partial charge in [-0.3, -0.25) is 4.98 Å². The normalized spacial score (nSPS) is 25.4. The van der Waals surface area contributed by atoms with Crippen molar-refractivity contribution in [3.05, 3.63) is 88.2 Å². The predicted octanol–water partition coefficient (Wildman–Crippen LogP) is 5.08. The minimum Gasteiger partial charge on any atom is -0.495 e. The molecule has 168 valence electrons. The molecule has 2 heterocycles. The van der Waals surface area contributed by atoms with Crippen LogP contribution in [0, 0.1) is 0 Å². The van der Waals surface area contributed by atoms with Crippen LogP contribution in [0.2, 0.25) is 0 Å². The number of hydrogen-bond acceptors (Lipinski definition) is 5. The molecule has 0 amide bonds. The van der Waals surface area contributed by atoms with E-state index in [-0.39, 0.29) is 5.92 Å². The molecule has 32 heavy (non-hydrogen) atoms. The Bertz CT molecular complexity index is 1070. The summed E-state index contributed by atoms with van der Waals surface area (Å²) in [6, 6.07) is 18.3. The molecule has 1 fully saturated rings. The first-order chi connectivity index (χ1) is 15.3. The van der Waals surface area contributed by atoms with Crippen molar-refractivity contribution in [2.24, 2.45) is 0 Å². The van der Waals surface area contributed by atoms with Gasteiger partial charge in [0.25, 0.3) is 0 Å². The topological polar surface area (TPSA) is 54.8 Å². The second-order valence-corrected chi connectivity index (χ2v) is 9.68. The van der Waals surface area contributed by atoms with Crippen molar-refractivity contribution in [3.63, 3.8) is 0 Å². The zero-order chi connectivity index (χ0) is 22.9. The molecule has 0 spiro atoms. The Labute approximate surface area is 198 Å². The van der Waals surface area contributed by atoms with Crippen molar-refractivity contribution >= 4 is 15.9 Å². The van der Waals surface area contributed by atoms with Gasteiger partial charge in [-0.15, -0.1) is 0 Å². The second kappa shape index (κ2) is 8.85. The van der Waals surface area contributed by atoms with E-state index < -0.39 is 11.2 Å². The van der Waals surface area contributed by atoms with Crippen molar-refractivity contribution in [1.82, 2.24) is 9.88 Å². The molecule has 6 heteroatoms. The fourth-order valence-corrected chi connectivity index (χ4v) is 5.28. The van der Waals surface area contributed by atoms with Crippen LogP contribution in [-0.2, 0) is 11.2 Å². The number of fused-ring (bicyclic) bond motifs is 3. The number of benzene rings is 2. The van der Waals surface area contributed by atoms with Crippen LogP contribution in [-0.4, -0.2) is 43.2 Å². The van der Waals surface area contributed by atoms with E-state index in [9.17, 15) is 5.11 Å². The molecule has 1 aromatic heterocycles. The number of pyridine rings is 1. The maximum absolute atomic E-state index is 12.2. The smallest absolute Gasteiger partial charge is 0.174 e. The lowest BCUT2D eigenvalue weighted by molar-refractivity contribution is -0.106. The third kappa shape index (κ3) is 3.60. The van der Waals surface area contributed by atoms with Crippen LogP contribution in [0.15, 0.2) is 71.5 Å². The summed E-state index contributed by atoms with van der Waals surface area (Å²) >= 11 is 3.52. The first kappa shape index (κ1) is 22.8. The number of hydrogen-bond donors (Lipinski definition) is 1. The van der Waals surface area contributed by atoms with E-state index in [0.717, 1.165) is 22.0 Å². The first-order valence-corrected chi connectivity index (χ1v) is 11.5. The Morgan fingerprint density at radius 3 is 2.34 bits per heavy atom. The summed E-state index contributed by atoms with van der Waals surface area (Å²) in [5.41, 5.74) is 0.661. The number of aromatic nitrogens is 1. The third-order valence-corrected chi connectivity index (χ3v) is 6.68. The van der Waals surface area contributed by atoms with Crippen LogP contribution >= 0.6 is 15.9 Å². The number of ether oxygens (including phenoxy) is 2. The highest BCUT2D eigenvalue weighted by molar-refractivity contribution is 9.10. The van der Waals surface area contributed by atoms with Gasteiger partial charge in [0.05, 0.1) is 25.1 Å². The highest BCUT2D eigenvalue weighted by Crippen LogP contribution is 2.67. The number of methoxy groups -OCH3 is 1. The van der Waals surface area contributed by atoms with E-state index in [1.807, 2.05) is 68.5 Å². The molecule has 3 atom stereocenters. The van der Waals surface area contributed by atoms with Crippen molar-refractivity contribution in [3.8, 4) is 11.5 Å². The molecule has 1 saturated carbocycles. The molecular weight excluding hydrogens is 468 g/mol. The largest absolute Gasteiger partial charge is 0.495 e. The zero-order valence-corrected chi connectivity index (χ0v) is 20.5. The number of aliphatic hydroxyl groups is 1. The molecule has 0 bridgehead atoms. The highest BCUT2D eigenvalue weighted by atomic mass is 79.9. The SMILES string of the molecule is CN(C)C.COc1cncc2c1[C@]1(O)CC[C@@H](c3ccccc3)[C@]1(c1ccc(Br)cc1)O2. The van der Waals surface area contributed by atoms with E-state index in [1.54, 1.807) is 19.5 Å². The number of nitrogens with zero attached hydrogens (tertiary/aromatic N) is 2. The van der Waals surface area contributed by atoms with Gasteiger partial charge >= 0.3 is 0 Å². The molecule has 1 aliphatic heterocycles. The monoisotopic (exact) mass is 496 g/mol. The molecule has 2 aliphatic rings. The standard InChI is InChI=1S/C23H20BrNO3.C3H9N/c1-27-19-13-25-14-20-21(19)22(26)12-11-18(15-5-3-2-4-6-15)23(22,28-20)16-7-9-17(24)10-8-16;1-4(2)3/h2-10,13-14,18,26H,11-12H2,1H3;1-3H3/t18-,22+,23-;/m0./s1. The molecule has 0 saturated heterocycles. The van der Waals surface area contributed by atoms with Crippen LogP contribution in [0.25, 0.3) is 0 Å². The second-order valence-electron chi connectivity index (χ2n) is 8.76. The average molecular weight is 497 g/mol. The fraction of sp³-hybridized carbons (Fsp3) is 0.346. The van der Waals surface area contributed by atoms with Gasteiger partial charge in [-0.2, -0.15) is 0 Å². The van der Waals surface area contributed by atoms with E-state index in [0.29, 0.717) is 23.5 Å². The molecule has 0 unspecified atom stereocenters. The summed E-state index contributed by atoms with van der Waals surface area (Å²) in [6.45, 7) is 0. The molecule has 1 aliphatic carbocycles. The third-order valence-electron chi connectivity index (χ3n) is 6.16. The van der Waals surface area contributed by atoms with Crippen molar-refractivity contribution in [2.45, 2.75) is 30.0 Å². The number of halogens is 1. The minimum atomic E-state index is -1.20. The summed E-state index contributed by atoms with van der Waals surface area (Å²) in [4.78, 5) is 6.25. The van der Waals surface area contributed by atoms with Gasteiger partial charge < -0.3 is 19.5 Å². The van der Waals surface area contributed by atoms with Crippen LogP contribution in [0.1, 0.15) is 35.4 Å². The van der Waals surface area contributed by atoms with Gasteiger partial charge in [-0.05, 0) is 57.2 Å².